The first-order valence-electron chi connectivity index (χ1n) is 8.43. The van der Waals surface area contributed by atoms with Crippen molar-refractivity contribution in [3.05, 3.63) is 65.5 Å². The molecular formula is C20H22FNO4. The molecule has 6 heteroatoms. The normalized spacial score (nSPS) is 11.6. The van der Waals surface area contributed by atoms with Gasteiger partial charge in [-0.2, -0.15) is 0 Å². The molecule has 2 N–H and O–H groups in total. The largest absolute Gasteiger partial charge is 0.494 e. The fourth-order valence-corrected chi connectivity index (χ4v) is 2.55. The van der Waals surface area contributed by atoms with E-state index < -0.39 is 17.7 Å². The molecule has 5 nitrogen and oxygen atoms in total. The van der Waals surface area contributed by atoms with E-state index >= 15 is 0 Å². The van der Waals surface area contributed by atoms with Gasteiger partial charge in [-0.25, -0.2) is 4.39 Å². The summed E-state index contributed by atoms with van der Waals surface area (Å²) in [6.45, 7) is 2.46. The average Bonchev–Trinajstić information content (AvgIpc) is 2.60. The first-order valence-corrected chi connectivity index (χ1v) is 8.43. The van der Waals surface area contributed by atoms with Gasteiger partial charge in [-0.1, -0.05) is 24.3 Å². The van der Waals surface area contributed by atoms with Gasteiger partial charge in [-0.05, 0) is 48.7 Å². The van der Waals surface area contributed by atoms with Gasteiger partial charge in [-0.15, -0.1) is 0 Å². The van der Waals surface area contributed by atoms with Gasteiger partial charge in [-0.3, -0.25) is 9.59 Å². The van der Waals surface area contributed by atoms with E-state index in [1.54, 1.807) is 18.2 Å². The molecule has 2 aromatic rings. The standard InChI is InChI=1S/C20H22FNO4/c1-2-26-18-8-6-14(7-9-18)10-16(20(24)25)13-22-19(23)12-15-4-3-5-17(21)11-15/h3-9,11,16H,2,10,12-13H2,1H3,(H,22,23)(H,24,25). The van der Waals surface area contributed by atoms with Crippen LogP contribution in [0.5, 0.6) is 5.75 Å². The number of halogens is 1. The molecule has 0 aliphatic carbocycles. The minimum absolute atomic E-state index is 0.00710. The van der Waals surface area contributed by atoms with Crippen molar-refractivity contribution in [3.63, 3.8) is 0 Å². The Bertz CT molecular complexity index is 746. The van der Waals surface area contributed by atoms with Crippen LogP contribution in [0.3, 0.4) is 0 Å². The summed E-state index contributed by atoms with van der Waals surface area (Å²) in [4.78, 5) is 23.4. The maximum absolute atomic E-state index is 13.1. The van der Waals surface area contributed by atoms with E-state index in [-0.39, 0.29) is 18.9 Å². The van der Waals surface area contributed by atoms with Crippen molar-refractivity contribution in [1.82, 2.24) is 5.32 Å². The molecular weight excluding hydrogens is 337 g/mol. The van der Waals surface area contributed by atoms with Crippen molar-refractivity contribution >= 4 is 11.9 Å². The molecule has 2 rings (SSSR count). The number of benzene rings is 2. The fourth-order valence-electron chi connectivity index (χ4n) is 2.55. The van der Waals surface area contributed by atoms with Crippen molar-refractivity contribution in [2.45, 2.75) is 19.8 Å². The van der Waals surface area contributed by atoms with E-state index in [0.717, 1.165) is 11.3 Å². The molecule has 0 heterocycles. The molecule has 0 bridgehead atoms. The van der Waals surface area contributed by atoms with Crippen LogP contribution in [0.4, 0.5) is 4.39 Å². The highest BCUT2D eigenvalue weighted by Crippen LogP contribution is 2.15. The first-order chi connectivity index (χ1) is 12.5. The maximum atomic E-state index is 13.1. The summed E-state index contributed by atoms with van der Waals surface area (Å²) in [6.07, 6.45) is 0.301. The second kappa shape index (κ2) is 9.56. The Morgan fingerprint density at radius 3 is 2.50 bits per heavy atom. The first kappa shape index (κ1) is 19.4. The van der Waals surface area contributed by atoms with Crippen LogP contribution in [-0.2, 0) is 22.4 Å². The number of carbonyl (C=O) groups is 2. The third-order valence-electron chi connectivity index (χ3n) is 3.87. The van der Waals surface area contributed by atoms with Crippen molar-refractivity contribution in [2.75, 3.05) is 13.2 Å². The highest BCUT2D eigenvalue weighted by molar-refractivity contribution is 5.79. The van der Waals surface area contributed by atoms with E-state index in [9.17, 15) is 19.1 Å². The third-order valence-corrected chi connectivity index (χ3v) is 3.87. The highest BCUT2D eigenvalue weighted by atomic mass is 19.1. The van der Waals surface area contributed by atoms with Gasteiger partial charge in [0, 0.05) is 6.54 Å². The highest BCUT2D eigenvalue weighted by Gasteiger charge is 2.19. The van der Waals surface area contributed by atoms with Gasteiger partial charge in [0.1, 0.15) is 11.6 Å². The molecule has 1 unspecified atom stereocenters. The van der Waals surface area contributed by atoms with Crippen LogP contribution >= 0.6 is 0 Å². The van der Waals surface area contributed by atoms with Gasteiger partial charge in [0.2, 0.25) is 5.91 Å². The molecule has 0 aromatic heterocycles. The summed E-state index contributed by atoms with van der Waals surface area (Å²) in [5.74, 6) is -1.75. The van der Waals surface area contributed by atoms with Gasteiger partial charge >= 0.3 is 5.97 Å². The smallest absolute Gasteiger partial charge is 0.308 e. The molecule has 0 aliphatic rings. The Morgan fingerprint density at radius 1 is 1.15 bits per heavy atom. The van der Waals surface area contributed by atoms with Gasteiger partial charge in [0.15, 0.2) is 0 Å². The Morgan fingerprint density at radius 2 is 1.88 bits per heavy atom. The molecule has 0 spiro atoms. The number of hydrogen-bond donors (Lipinski definition) is 2. The van der Waals surface area contributed by atoms with Crippen LogP contribution in [0.15, 0.2) is 48.5 Å². The number of ether oxygens (including phenoxy) is 1. The number of aliphatic carboxylic acids is 1. The van der Waals surface area contributed by atoms with Crippen molar-refractivity contribution < 1.29 is 23.8 Å². The number of amides is 1. The third kappa shape index (κ3) is 6.20. The zero-order valence-corrected chi connectivity index (χ0v) is 14.6. The molecule has 0 saturated heterocycles. The minimum atomic E-state index is -0.982. The predicted octanol–water partition coefficient (Wildman–Crippen LogP) is 2.83. The molecule has 0 aliphatic heterocycles. The van der Waals surface area contributed by atoms with Crippen LogP contribution in [0.2, 0.25) is 0 Å². The Labute approximate surface area is 151 Å². The zero-order chi connectivity index (χ0) is 18.9. The van der Waals surface area contributed by atoms with E-state index in [1.807, 2.05) is 19.1 Å². The minimum Gasteiger partial charge on any atom is -0.494 e. The molecule has 0 fully saturated rings. The number of carboxylic acids is 1. The van der Waals surface area contributed by atoms with Gasteiger partial charge < -0.3 is 15.2 Å². The van der Waals surface area contributed by atoms with Crippen LogP contribution in [0, 0.1) is 11.7 Å². The predicted molar refractivity (Wildman–Crippen MR) is 95.6 cm³/mol. The lowest BCUT2D eigenvalue weighted by Crippen LogP contribution is -2.34. The Kier molecular flexibility index (Phi) is 7.14. The SMILES string of the molecule is CCOc1ccc(CC(CNC(=O)Cc2cccc(F)c2)C(=O)O)cc1. The number of rotatable bonds is 9. The molecule has 0 saturated carbocycles. The lowest BCUT2D eigenvalue weighted by atomic mass is 9.99. The lowest BCUT2D eigenvalue weighted by Gasteiger charge is -2.14. The van der Waals surface area contributed by atoms with Crippen molar-refractivity contribution in [3.8, 4) is 5.75 Å². The number of carboxylic acid groups (broad SMARTS) is 1. The molecule has 26 heavy (non-hydrogen) atoms. The summed E-state index contributed by atoms with van der Waals surface area (Å²) < 4.78 is 18.5. The van der Waals surface area contributed by atoms with Crippen LogP contribution in [0.25, 0.3) is 0 Å². The average molecular weight is 359 g/mol. The topological polar surface area (TPSA) is 75.6 Å². The molecule has 2 aromatic carbocycles. The monoisotopic (exact) mass is 359 g/mol. The number of carbonyl (C=O) groups excluding carboxylic acids is 1. The molecule has 1 amide bonds. The van der Waals surface area contributed by atoms with E-state index in [1.165, 1.54) is 18.2 Å². The maximum Gasteiger partial charge on any atom is 0.308 e. The van der Waals surface area contributed by atoms with Crippen molar-refractivity contribution in [2.24, 2.45) is 5.92 Å². The van der Waals surface area contributed by atoms with Crippen molar-refractivity contribution in [1.29, 1.82) is 0 Å². The Hall–Kier alpha value is -2.89. The summed E-state index contributed by atoms with van der Waals surface area (Å²) in [5, 5.41) is 12.0. The van der Waals surface area contributed by atoms with Gasteiger partial charge in [0.05, 0.1) is 18.9 Å². The van der Waals surface area contributed by atoms with Crippen LogP contribution in [0.1, 0.15) is 18.1 Å². The fraction of sp³-hybridized carbons (Fsp3) is 0.300. The van der Waals surface area contributed by atoms with E-state index in [2.05, 4.69) is 5.32 Å². The molecule has 1 atom stereocenters. The second-order valence-corrected chi connectivity index (χ2v) is 5.93. The van der Waals surface area contributed by atoms with Crippen LogP contribution in [-0.4, -0.2) is 30.1 Å². The molecule has 138 valence electrons. The molecule has 0 radical (unpaired) electrons. The number of hydrogen-bond acceptors (Lipinski definition) is 3. The summed E-state index contributed by atoms with van der Waals surface area (Å²) in [5.41, 5.74) is 1.39. The summed E-state index contributed by atoms with van der Waals surface area (Å²) in [7, 11) is 0. The lowest BCUT2D eigenvalue weighted by molar-refractivity contribution is -0.141. The Balaban J connectivity index is 1.89. The quantitative estimate of drug-likeness (QED) is 0.722. The summed E-state index contributed by atoms with van der Waals surface area (Å²) >= 11 is 0. The van der Waals surface area contributed by atoms with E-state index in [0.29, 0.717) is 18.6 Å². The van der Waals surface area contributed by atoms with Gasteiger partial charge in [0.25, 0.3) is 0 Å². The summed E-state index contributed by atoms with van der Waals surface area (Å²) in [6, 6.07) is 13.0. The second-order valence-electron chi connectivity index (χ2n) is 5.93. The van der Waals surface area contributed by atoms with E-state index in [4.69, 9.17) is 4.74 Å². The number of nitrogens with one attached hydrogen (secondary N) is 1. The zero-order valence-electron chi connectivity index (χ0n) is 14.6. The van der Waals surface area contributed by atoms with Crippen LogP contribution < -0.4 is 10.1 Å².